The summed E-state index contributed by atoms with van der Waals surface area (Å²) in [4.78, 5) is 22.6. The van der Waals surface area contributed by atoms with Gasteiger partial charge in [-0.1, -0.05) is 0 Å². The third kappa shape index (κ3) is 2.90. The van der Waals surface area contributed by atoms with Crippen LogP contribution in [-0.2, 0) is 4.79 Å². The Morgan fingerprint density at radius 2 is 2.05 bits per heavy atom. The molecule has 2 aromatic rings. The summed E-state index contributed by atoms with van der Waals surface area (Å²) in [7, 11) is 1.37. The van der Waals surface area contributed by atoms with Gasteiger partial charge in [-0.3, -0.25) is 9.59 Å². The standard InChI is InChI=1S/C13H11FO4S/c1-18-10-6-11-7(4-8(10)14)5-12(19-11)9(15)2-3-13(16)17/h4-6H,2-3H2,1H3,(H,16,17). The summed E-state index contributed by atoms with van der Waals surface area (Å²) in [6, 6.07) is 4.41. The first-order valence-corrected chi connectivity index (χ1v) is 6.35. The van der Waals surface area contributed by atoms with Gasteiger partial charge in [0, 0.05) is 17.2 Å². The molecule has 0 unspecified atom stereocenters. The molecule has 0 aliphatic heterocycles. The number of carbonyl (C=O) groups excluding carboxylic acids is 1. The minimum atomic E-state index is -1.01. The van der Waals surface area contributed by atoms with Crippen LogP contribution in [0.3, 0.4) is 0 Å². The zero-order chi connectivity index (χ0) is 14.0. The second-order valence-corrected chi connectivity index (χ2v) is 5.04. The molecule has 0 atom stereocenters. The summed E-state index contributed by atoms with van der Waals surface area (Å²) < 4.78 is 19.1. The van der Waals surface area contributed by atoms with Crippen LogP contribution < -0.4 is 4.74 Å². The van der Waals surface area contributed by atoms with Crippen molar-refractivity contribution in [3.8, 4) is 5.75 Å². The smallest absolute Gasteiger partial charge is 0.303 e. The van der Waals surface area contributed by atoms with E-state index in [1.807, 2.05) is 0 Å². The molecule has 2 rings (SSSR count). The largest absolute Gasteiger partial charge is 0.494 e. The number of thiophene rings is 1. The Morgan fingerprint density at radius 3 is 2.68 bits per heavy atom. The van der Waals surface area contributed by atoms with Crippen molar-refractivity contribution in [3.05, 3.63) is 28.9 Å². The number of aliphatic carboxylic acids is 1. The predicted octanol–water partition coefficient (Wildman–Crippen LogP) is 3.10. The molecule has 0 radical (unpaired) electrons. The lowest BCUT2D eigenvalue weighted by Gasteiger charge is -2.00. The molecule has 0 bridgehead atoms. The van der Waals surface area contributed by atoms with Crippen LogP contribution in [0.15, 0.2) is 18.2 Å². The highest BCUT2D eigenvalue weighted by Gasteiger charge is 2.14. The van der Waals surface area contributed by atoms with Crippen molar-refractivity contribution in [3.63, 3.8) is 0 Å². The van der Waals surface area contributed by atoms with Crippen LogP contribution in [0.2, 0.25) is 0 Å². The molecule has 0 fully saturated rings. The van der Waals surface area contributed by atoms with E-state index in [0.29, 0.717) is 10.3 Å². The molecule has 0 aliphatic carbocycles. The van der Waals surface area contributed by atoms with E-state index in [0.717, 1.165) is 4.70 Å². The average molecular weight is 282 g/mol. The van der Waals surface area contributed by atoms with Crippen molar-refractivity contribution in [1.82, 2.24) is 0 Å². The molecular formula is C13H11FO4S. The lowest BCUT2D eigenvalue weighted by Crippen LogP contribution is -2.01. The molecule has 4 nitrogen and oxygen atoms in total. The van der Waals surface area contributed by atoms with E-state index in [4.69, 9.17) is 9.84 Å². The summed E-state index contributed by atoms with van der Waals surface area (Å²) in [5, 5.41) is 9.15. The van der Waals surface area contributed by atoms with Crippen molar-refractivity contribution in [2.45, 2.75) is 12.8 Å². The molecule has 1 N–H and O–H groups in total. The summed E-state index contributed by atoms with van der Waals surface area (Å²) in [5.74, 6) is -1.62. The average Bonchev–Trinajstić information content (AvgIpc) is 2.77. The van der Waals surface area contributed by atoms with E-state index < -0.39 is 11.8 Å². The second kappa shape index (κ2) is 5.36. The first-order chi connectivity index (χ1) is 9.01. The van der Waals surface area contributed by atoms with E-state index in [9.17, 15) is 14.0 Å². The lowest BCUT2D eigenvalue weighted by molar-refractivity contribution is -0.136. The number of carboxylic acids is 1. The van der Waals surface area contributed by atoms with Crippen molar-refractivity contribution >= 4 is 33.2 Å². The number of ketones is 1. The highest BCUT2D eigenvalue weighted by atomic mass is 32.1. The number of Topliss-reactive ketones (excluding diaryl/α,β-unsaturated/α-hetero) is 1. The van der Waals surface area contributed by atoms with Crippen LogP contribution in [0, 0.1) is 5.82 Å². The fourth-order valence-electron chi connectivity index (χ4n) is 1.68. The quantitative estimate of drug-likeness (QED) is 0.856. The summed E-state index contributed by atoms with van der Waals surface area (Å²) in [6.45, 7) is 0. The second-order valence-electron chi connectivity index (χ2n) is 3.95. The Balaban J connectivity index is 2.31. The highest BCUT2D eigenvalue weighted by Crippen LogP contribution is 2.32. The number of fused-ring (bicyclic) bond motifs is 1. The fraction of sp³-hybridized carbons (Fsp3) is 0.231. The van der Waals surface area contributed by atoms with Crippen molar-refractivity contribution < 1.29 is 23.8 Å². The van der Waals surface area contributed by atoms with Crippen molar-refractivity contribution in [2.75, 3.05) is 7.11 Å². The van der Waals surface area contributed by atoms with Gasteiger partial charge in [-0.2, -0.15) is 0 Å². The molecule has 1 aromatic heterocycles. The summed E-state index contributed by atoms with van der Waals surface area (Å²) in [5.41, 5.74) is 0. The lowest BCUT2D eigenvalue weighted by atomic mass is 10.1. The fourth-order valence-corrected chi connectivity index (χ4v) is 2.72. The number of hydrogen-bond acceptors (Lipinski definition) is 4. The number of carbonyl (C=O) groups is 2. The molecule has 0 amide bonds. The van der Waals surface area contributed by atoms with Gasteiger partial charge in [-0.15, -0.1) is 11.3 Å². The zero-order valence-electron chi connectivity index (χ0n) is 10.1. The van der Waals surface area contributed by atoms with E-state index >= 15 is 0 Å². The van der Waals surface area contributed by atoms with Crippen LogP contribution in [-0.4, -0.2) is 24.0 Å². The Kier molecular flexibility index (Phi) is 3.80. The summed E-state index contributed by atoms with van der Waals surface area (Å²) in [6.07, 6.45) is -0.257. The minimum Gasteiger partial charge on any atom is -0.494 e. The maximum atomic E-state index is 13.5. The van der Waals surface area contributed by atoms with Gasteiger partial charge in [0.05, 0.1) is 18.4 Å². The van der Waals surface area contributed by atoms with Crippen LogP contribution in [0.5, 0.6) is 5.75 Å². The van der Waals surface area contributed by atoms with Gasteiger partial charge in [0.25, 0.3) is 0 Å². The molecule has 100 valence electrons. The van der Waals surface area contributed by atoms with Gasteiger partial charge in [-0.05, 0) is 17.5 Å². The Labute approximate surface area is 112 Å². The number of rotatable bonds is 5. The van der Waals surface area contributed by atoms with Gasteiger partial charge in [0.15, 0.2) is 17.3 Å². The molecule has 1 aromatic carbocycles. The molecular weight excluding hydrogens is 271 g/mol. The highest BCUT2D eigenvalue weighted by molar-refractivity contribution is 7.20. The van der Waals surface area contributed by atoms with Gasteiger partial charge in [0.2, 0.25) is 0 Å². The molecule has 0 saturated heterocycles. The molecule has 0 saturated carbocycles. The minimum absolute atomic E-state index is 0.0538. The Bertz CT molecular complexity index is 647. The first kappa shape index (κ1) is 13.5. The molecule has 0 spiro atoms. The molecule has 19 heavy (non-hydrogen) atoms. The number of methoxy groups -OCH3 is 1. The van der Waals surface area contributed by atoms with Gasteiger partial charge in [0.1, 0.15) is 0 Å². The maximum Gasteiger partial charge on any atom is 0.303 e. The van der Waals surface area contributed by atoms with Crippen molar-refractivity contribution in [1.29, 1.82) is 0 Å². The molecule has 6 heteroatoms. The van der Waals surface area contributed by atoms with E-state index in [1.54, 1.807) is 6.07 Å². The first-order valence-electron chi connectivity index (χ1n) is 5.53. The predicted molar refractivity (Wildman–Crippen MR) is 69.5 cm³/mol. The monoisotopic (exact) mass is 282 g/mol. The van der Waals surface area contributed by atoms with Crippen LogP contribution in [0.25, 0.3) is 10.1 Å². The third-order valence-electron chi connectivity index (χ3n) is 2.63. The number of hydrogen-bond donors (Lipinski definition) is 1. The van der Waals surface area contributed by atoms with Crippen LogP contribution in [0.4, 0.5) is 4.39 Å². The number of halogens is 1. The zero-order valence-corrected chi connectivity index (χ0v) is 10.9. The van der Waals surface area contributed by atoms with Crippen LogP contribution in [0.1, 0.15) is 22.5 Å². The maximum absolute atomic E-state index is 13.5. The van der Waals surface area contributed by atoms with E-state index in [-0.39, 0.29) is 24.4 Å². The summed E-state index contributed by atoms with van der Waals surface area (Å²) >= 11 is 1.21. The van der Waals surface area contributed by atoms with E-state index in [2.05, 4.69) is 0 Å². The van der Waals surface area contributed by atoms with Gasteiger partial charge < -0.3 is 9.84 Å². The number of carboxylic acid groups (broad SMARTS) is 1. The van der Waals surface area contributed by atoms with Crippen LogP contribution >= 0.6 is 11.3 Å². The molecule has 0 aliphatic rings. The Hall–Kier alpha value is -1.95. The number of ether oxygens (including phenoxy) is 1. The third-order valence-corrected chi connectivity index (χ3v) is 3.77. The number of benzene rings is 1. The normalized spacial score (nSPS) is 10.6. The van der Waals surface area contributed by atoms with Gasteiger partial charge in [-0.25, -0.2) is 4.39 Å². The van der Waals surface area contributed by atoms with Crippen molar-refractivity contribution in [2.24, 2.45) is 0 Å². The topological polar surface area (TPSA) is 63.6 Å². The SMILES string of the molecule is COc1cc2sc(C(=O)CCC(=O)O)cc2cc1F. The van der Waals surface area contributed by atoms with E-state index in [1.165, 1.54) is 30.6 Å². The van der Waals surface area contributed by atoms with Gasteiger partial charge >= 0.3 is 5.97 Å². The Morgan fingerprint density at radius 1 is 1.32 bits per heavy atom. The molecule has 1 heterocycles.